The van der Waals surface area contributed by atoms with Crippen molar-refractivity contribution in [2.24, 2.45) is 0 Å². The number of amides is 1. The molecule has 1 aliphatic heterocycles. The number of carbonyl (C=O) groups excluding carboxylic acids is 1. The Morgan fingerprint density at radius 3 is 2.87 bits per heavy atom. The van der Waals surface area contributed by atoms with Crippen LogP contribution < -0.4 is 10.1 Å². The van der Waals surface area contributed by atoms with Gasteiger partial charge in [0.05, 0.1) is 6.10 Å². The molecule has 80 valence electrons. The van der Waals surface area contributed by atoms with E-state index in [4.69, 9.17) is 4.74 Å². The first kappa shape index (κ1) is 10.0. The molecule has 3 heteroatoms. The number of hydrogen-bond donors (Lipinski definition) is 1. The maximum Gasteiger partial charge on any atom is 0.224 e. The van der Waals surface area contributed by atoms with E-state index in [9.17, 15) is 4.79 Å². The molecule has 3 nitrogen and oxygen atoms in total. The summed E-state index contributed by atoms with van der Waals surface area (Å²) in [5.74, 6) is 0.972. The third kappa shape index (κ3) is 2.29. The molecule has 1 aromatic carbocycles. The number of ether oxygens (including phenoxy) is 1. The molecule has 1 aliphatic rings. The quantitative estimate of drug-likeness (QED) is 0.804. The second-order valence-corrected chi connectivity index (χ2v) is 4.03. The normalized spacial score (nSPS) is 14.7. The lowest BCUT2D eigenvalue weighted by Crippen LogP contribution is -2.19. The maximum absolute atomic E-state index is 11.1. The average molecular weight is 205 g/mol. The summed E-state index contributed by atoms with van der Waals surface area (Å²) in [4.78, 5) is 11.1. The Kier molecular flexibility index (Phi) is 2.62. The van der Waals surface area contributed by atoms with E-state index in [0.717, 1.165) is 23.4 Å². The number of nitrogens with one attached hydrogen (secondary N) is 1. The van der Waals surface area contributed by atoms with E-state index in [-0.39, 0.29) is 12.0 Å². The minimum atomic E-state index is 0.0972. The monoisotopic (exact) mass is 205 g/mol. The molecule has 0 bridgehead atoms. The van der Waals surface area contributed by atoms with Crippen LogP contribution in [0, 0.1) is 0 Å². The van der Waals surface area contributed by atoms with Crippen LogP contribution in [0.5, 0.6) is 5.75 Å². The van der Waals surface area contributed by atoms with Crippen molar-refractivity contribution in [3.8, 4) is 5.75 Å². The second-order valence-electron chi connectivity index (χ2n) is 4.03. The van der Waals surface area contributed by atoms with Crippen molar-refractivity contribution in [3.63, 3.8) is 0 Å². The highest BCUT2D eigenvalue weighted by molar-refractivity contribution is 5.93. The van der Waals surface area contributed by atoms with Crippen LogP contribution in [0.1, 0.15) is 25.8 Å². The molecule has 1 N–H and O–H groups in total. The van der Waals surface area contributed by atoms with Crippen LogP contribution in [-0.4, -0.2) is 12.0 Å². The Balaban J connectivity index is 2.23. The molecule has 0 saturated heterocycles. The van der Waals surface area contributed by atoms with Crippen LogP contribution >= 0.6 is 0 Å². The van der Waals surface area contributed by atoms with E-state index in [1.807, 2.05) is 32.0 Å². The fraction of sp³-hybridized carbons (Fsp3) is 0.417. The number of rotatable bonds is 2. The molecule has 0 spiro atoms. The molecule has 1 heterocycles. The zero-order valence-electron chi connectivity index (χ0n) is 9.04. The Labute approximate surface area is 89.4 Å². The minimum absolute atomic E-state index is 0.0972. The highest BCUT2D eigenvalue weighted by Crippen LogP contribution is 2.27. The van der Waals surface area contributed by atoms with Crippen molar-refractivity contribution in [3.05, 3.63) is 23.8 Å². The van der Waals surface area contributed by atoms with Crippen LogP contribution in [0.15, 0.2) is 18.2 Å². The Hall–Kier alpha value is -1.51. The molecule has 1 amide bonds. The summed E-state index contributed by atoms with van der Waals surface area (Å²) in [5, 5.41) is 2.85. The minimum Gasteiger partial charge on any atom is -0.491 e. The molecule has 1 aromatic rings. The predicted molar refractivity (Wildman–Crippen MR) is 59.2 cm³/mol. The first-order valence-electron chi connectivity index (χ1n) is 5.24. The van der Waals surface area contributed by atoms with E-state index >= 15 is 0 Å². The van der Waals surface area contributed by atoms with E-state index < -0.39 is 0 Å². The lowest BCUT2D eigenvalue weighted by molar-refractivity contribution is -0.116. The van der Waals surface area contributed by atoms with Gasteiger partial charge in [-0.3, -0.25) is 4.79 Å². The van der Waals surface area contributed by atoms with Crippen LogP contribution in [-0.2, 0) is 11.2 Å². The smallest absolute Gasteiger partial charge is 0.224 e. The summed E-state index contributed by atoms with van der Waals surface area (Å²) in [6, 6.07) is 5.81. The molecular formula is C12H15NO2. The summed E-state index contributed by atoms with van der Waals surface area (Å²) in [7, 11) is 0. The van der Waals surface area contributed by atoms with Gasteiger partial charge in [-0.2, -0.15) is 0 Å². The van der Waals surface area contributed by atoms with Gasteiger partial charge in [0.25, 0.3) is 0 Å². The van der Waals surface area contributed by atoms with Gasteiger partial charge < -0.3 is 10.1 Å². The number of hydrogen-bond acceptors (Lipinski definition) is 2. The van der Waals surface area contributed by atoms with E-state index in [2.05, 4.69) is 5.32 Å². The summed E-state index contributed by atoms with van der Waals surface area (Å²) in [5.41, 5.74) is 2.08. The third-order valence-corrected chi connectivity index (χ3v) is 2.34. The Morgan fingerprint density at radius 2 is 2.13 bits per heavy atom. The Morgan fingerprint density at radius 1 is 1.33 bits per heavy atom. The molecule has 0 aliphatic carbocycles. The van der Waals surface area contributed by atoms with Gasteiger partial charge in [-0.15, -0.1) is 0 Å². The number of fused-ring (bicyclic) bond motifs is 1. The third-order valence-electron chi connectivity index (χ3n) is 2.34. The van der Waals surface area contributed by atoms with Gasteiger partial charge in [0.15, 0.2) is 0 Å². The lowest BCUT2D eigenvalue weighted by Gasteiger charge is -2.18. The van der Waals surface area contributed by atoms with E-state index in [0.29, 0.717) is 6.42 Å². The topological polar surface area (TPSA) is 38.3 Å². The van der Waals surface area contributed by atoms with Gasteiger partial charge in [-0.25, -0.2) is 0 Å². The number of benzene rings is 1. The Bertz CT molecular complexity index is 385. The van der Waals surface area contributed by atoms with Crippen molar-refractivity contribution in [2.75, 3.05) is 5.32 Å². The van der Waals surface area contributed by atoms with Gasteiger partial charge >= 0.3 is 0 Å². The SMILES string of the molecule is CC(C)Oc1ccc2c(c1)CCC(=O)N2. The molecule has 15 heavy (non-hydrogen) atoms. The molecule has 0 aromatic heterocycles. The first-order valence-corrected chi connectivity index (χ1v) is 5.24. The van der Waals surface area contributed by atoms with Gasteiger partial charge in [-0.1, -0.05) is 0 Å². The fourth-order valence-corrected chi connectivity index (χ4v) is 1.71. The lowest BCUT2D eigenvalue weighted by atomic mass is 10.0. The van der Waals surface area contributed by atoms with Crippen molar-refractivity contribution in [2.45, 2.75) is 32.8 Å². The zero-order valence-corrected chi connectivity index (χ0v) is 9.04. The van der Waals surface area contributed by atoms with Crippen molar-refractivity contribution in [1.29, 1.82) is 0 Å². The van der Waals surface area contributed by atoms with Crippen LogP contribution in [0.25, 0.3) is 0 Å². The first-order chi connectivity index (χ1) is 7.15. The number of carbonyl (C=O) groups is 1. The van der Waals surface area contributed by atoms with Gasteiger partial charge in [0, 0.05) is 12.1 Å². The van der Waals surface area contributed by atoms with E-state index in [1.54, 1.807) is 0 Å². The molecule has 0 radical (unpaired) electrons. The average Bonchev–Trinajstić information content (AvgIpc) is 2.17. The molecule has 0 unspecified atom stereocenters. The van der Waals surface area contributed by atoms with Crippen LogP contribution in [0.2, 0.25) is 0 Å². The van der Waals surface area contributed by atoms with Gasteiger partial charge in [-0.05, 0) is 44.0 Å². The number of aryl methyl sites for hydroxylation is 1. The van der Waals surface area contributed by atoms with Crippen LogP contribution in [0.3, 0.4) is 0 Å². The van der Waals surface area contributed by atoms with Gasteiger partial charge in [0.1, 0.15) is 5.75 Å². The van der Waals surface area contributed by atoms with Gasteiger partial charge in [0.2, 0.25) is 5.91 Å². The zero-order chi connectivity index (χ0) is 10.8. The van der Waals surface area contributed by atoms with Crippen molar-refractivity contribution < 1.29 is 9.53 Å². The fourth-order valence-electron chi connectivity index (χ4n) is 1.71. The highest BCUT2D eigenvalue weighted by Gasteiger charge is 2.15. The summed E-state index contributed by atoms with van der Waals surface area (Å²) in [6.45, 7) is 4.00. The maximum atomic E-state index is 11.1. The van der Waals surface area contributed by atoms with Crippen molar-refractivity contribution in [1.82, 2.24) is 0 Å². The standard InChI is InChI=1S/C12H15NO2/c1-8(2)15-10-4-5-11-9(7-10)3-6-12(14)13-11/h4-5,7-8H,3,6H2,1-2H3,(H,13,14). The summed E-state index contributed by atoms with van der Waals surface area (Å²) < 4.78 is 5.59. The molecular weight excluding hydrogens is 190 g/mol. The highest BCUT2D eigenvalue weighted by atomic mass is 16.5. The number of anilines is 1. The van der Waals surface area contributed by atoms with E-state index in [1.165, 1.54) is 0 Å². The molecule has 2 rings (SSSR count). The second kappa shape index (κ2) is 3.93. The predicted octanol–water partition coefficient (Wildman–Crippen LogP) is 2.36. The molecule has 0 atom stereocenters. The molecule has 0 fully saturated rings. The van der Waals surface area contributed by atoms with Crippen LogP contribution in [0.4, 0.5) is 5.69 Å². The summed E-state index contributed by atoms with van der Waals surface area (Å²) >= 11 is 0. The van der Waals surface area contributed by atoms with Crippen molar-refractivity contribution >= 4 is 11.6 Å². The summed E-state index contributed by atoms with van der Waals surface area (Å²) in [6.07, 6.45) is 1.55. The molecule has 0 saturated carbocycles. The largest absolute Gasteiger partial charge is 0.491 e.